The summed E-state index contributed by atoms with van der Waals surface area (Å²) in [4.78, 5) is 25.4. The number of benzene rings is 1. The standard InChI is InChI=1S/C19H21NO3S/c1-13(18(21)20-12-17-7-4-10-24-17)23-19(22)16-9-8-14-5-2-3-6-15(14)11-16/h4,7-11,13H,2-3,5-6,12H2,1H3,(H,20,21)/t13-/m1/s1. The van der Waals surface area contributed by atoms with E-state index in [1.54, 1.807) is 24.3 Å². The first-order valence-corrected chi connectivity index (χ1v) is 9.14. The van der Waals surface area contributed by atoms with Gasteiger partial charge in [0.2, 0.25) is 0 Å². The Hall–Kier alpha value is -2.14. The van der Waals surface area contributed by atoms with Crippen LogP contribution < -0.4 is 5.32 Å². The molecule has 1 N–H and O–H groups in total. The Kier molecular flexibility index (Phi) is 5.30. The molecule has 1 heterocycles. The van der Waals surface area contributed by atoms with Crippen LogP contribution in [0.5, 0.6) is 0 Å². The molecule has 126 valence electrons. The Morgan fingerprint density at radius 3 is 2.75 bits per heavy atom. The Bertz CT molecular complexity index is 724. The number of ether oxygens (including phenoxy) is 1. The van der Waals surface area contributed by atoms with Gasteiger partial charge in [0.1, 0.15) is 0 Å². The number of carbonyl (C=O) groups excluding carboxylic acids is 2. The van der Waals surface area contributed by atoms with Gasteiger partial charge in [0, 0.05) is 4.88 Å². The number of hydrogen-bond acceptors (Lipinski definition) is 4. The Balaban J connectivity index is 1.56. The molecular formula is C19H21NO3S. The number of esters is 1. The molecule has 1 aromatic carbocycles. The summed E-state index contributed by atoms with van der Waals surface area (Å²) < 4.78 is 5.31. The van der Waals surface area contributed by atoms with Gasteiger partial charge in [-0.2, -0.15) is 0 Å². The number of hydrogen-bond donors (Lipinski definition) is 1. The minimum absolute atomic E-state index is 0.283. The number of nitrogens with one attached hydrogen (secondary N) is 1. The molecule has 1 atom stereocenters. The van der Waals surface area contributed by atoms with Gasteiger partial charge >= 0.3 is 5.97 Å². The topological polar surface area (TPSA) is 55.4 Å². The molecule has 0 aliphatic heterocycles. The van der Waals surface area contributed by atoms with Gasteiger partial charge in [0.05, 0.1) is 12.1 Å². The zero-order valence-electron chi connectivity index (χ0n) is 13.7. The summed E-state index contributed by atoms with van der Waals surface area (Å²) in [7, 11) is 0. The van der Waals surface area contributed by atoms with E-state index in [1.807, 2.05) is 29.6 Å². The molecule has 0 saturated carbocycles. The summed E-state index contributed by atoms with van der Waals surface area (Å²) in [6.45, 7) is 2.05. The van der Waals surface area contributed by atoms with Crippen LogP contribution in [0, 0.1) is 0 Å². The molecule has 0 unspecified atom stereocenters. The summed E-state index contributed by atoms with van der Waals surface area (Å²) in [6.07, 6.45) is 3.64. The summed E-state index contributed by atoms with van der Waals surface area (Å²) >= 11 is 1.58. The van der Waals surface area contributed by atoms with Crippen LogP contribution in [0.1, 0.15) is 46.1 Å². The molecule has 1 aliphatic carbocycles. The van der Waals surface area contributed by atoms with Gasteiger partial charge in [-0.15, -0.1) is 11.3 Å². The highest BCUT2D eigenvalue weighted by molar-refractivity contribution is 7.09. The van der Waals surface area contributed by atoms with Crippen LogP contribution in [0.3, 0.4) is 0 Å². The van der Waals surface area contributed by atoms with Crippen molar-refractivity contribution < 1.29 is 14.3 Å². The Labute approximate surface area is 145 Å². The normalized spacial score (nSPS) is 14.5. The number of aryl methyl sites for hydroxylation is 2. The number of rotatable bonds is 5. The molecule has 0 saturated heterocycles. The molecule has 2 aromatic rings. The summed E-state index contributed by atoms with van der Waals surface area (Å²) in [6, 6.07) is 9.60. The van der Waals surface area contributed by atoms with Crippen LogP contribution in [-0.4, -0.2) is 18.0 Å². The SMILES string of the molecule is C[C@@H](OC(=O)c1ccc2c(c1)CCCC2)C(=O)NCc1cccs1. The van der Waals surface area contributed by atoms with Gasteiger partial charge in [0.15, 0.2) is 6.10 Å². The van der Waals surface area contributed by atoms with Gasteiger partial charge in [-0.1, -0.05) is 12.1 Å². The number of carbonyl (C=O) groups is 2. The predicted molar refractivity (Wildman–Crippen MR) is 94.1 cm³/mol. The lowest BCUT2D eigenvalue weighted by Gasteiger charge is -2.17. The highest BCUT2D eigenvalue weighted by Crippen LogP contribution is 2.22. The molecule has 1 aromatic heterocycles. The van der Waals surface area contributed by atoms with E-state index >= 15 is 0 Å². The highest BCUT2D eigenvalue weighted by atomic mass is 32.1. The maximum Gasteiger partial charge on any atom is 0.338 e. The molecule has 1 aliphatic rings. The monoisotopic (exact) mass is 343 g/mol. The van der Waals surface area contributed by atoms with Crippen molar-refractivity contribution >= 4 is 23.2 Å². The quantitative estimate of drug-likeness (QED) is 0.846. The van der Waals surface area contributed by atoms with Gasteiger partial charge in [-0.05, 0) is 67.3 Å². The fraction of sp³-hybridized carbons (Fsp3) is 0.368. The molecule has 0 radical (unpaired) electrons. The lowest BCUT2D eigenvalue weighted by Crippen LogP contribution is -2.35. The largest absolute Gasteiger partial charge is 0.449 e. The van der Waals surface area contributed by atoms with Crippen LogP contribution in [0.25, 0.3) is 0 Å². The molecule has 4 nitrogen and oxygen atoms in total. The van der Waals surface area contributed by atoms with E-state index in [0.29, 0.717) is 12.1 Å². The Morgan fingerprint density at radius 1 is 1.21 bits per heavy atom. The molecule has 3 rings (SSSR count). The third-order valence-electron chi connectivity index (χ3n) is 4.25. The van der Waals surface area contributed by atoms with E-state index in [4.69, 9.17) is 4.74 Å². The first-order valence-electron chi connectivity index (χ1n) is 8.26. The first kappa shape index (κ1) is 16.7. The number of amides is 1. The van der Waals surface area contributed by atoms with E-state index in [9.17, 15) is 9.59 Å². The van der Waals surface area contributed by atoms with Crippen molar-refractivity contribution in [3.05, 3.63) is 57.3 Å². The molecular weight excluding hydrogens is 322 g/mol. The van der Waals surface area contributed by atoms with Gasteiger partial charge in [-0.3, -0.25) is 4.79 Å². The minimum Gasteiger partial charge on any atom is -0.449 e. The van der Waals surface area contributed by atoms with Crippen molar-refractivity contribution in [3.8, 4) is 0 Å². The maximum atomic E-state index is 12.3. The molecule has 0 fully saturated rings. The van der Waals surface area contributed by atoms with Crippen LogP contribution in [0.15, 0.2) is 35.7 Å². The number of fused-ring (bicyclic) bond motifs is 1. The highest BCUT2D eigenvalue weighted by Gasteiger charge is 2.20. The van der Waals surface area contributed by atoms with E-state index in [-0.39, 0.29) is 5.91 Å². The van der Waals surface area contributed by atoms with E-state index in [2.05, 4.69) is 5.32 Å². The zero-order chi connectivity index (χ0) is 16.9. The van der Waals surface area contributed by atoms with Crippen LogP contribution in [0.2, 0.25) is 0 Å². The number of thiophene rings is 1. The molecule has 0 spiro atoms. The average molecular weight is 343 g/mol. The first-order chi connectivity index (χ1) is 11.6. The van der Waals surface area contributed by atoms with Crippen molar-refractivity contribution in [2.24, 2.45) is 0 Å². The molecule has 5 heteroatoms. The van der Waals surface area contributed by atoms with Crippen LogP contribution >= 0.6 is 11.3 Å². The van der Waals surface area contributed by atoms with Crippen LogP contribution in [-0.2, 0) is 28.9 Å². The van der Waals surface area contributed by atoms with E-state index in [0.717, 1.165) is 24.1 Å². The Morgan fingerprint density at radius 2 is 2.00 bits per heavy atom. The maximum absolute atomic E-state index is 12.3. The summed E-state index contributed by atoms with van der Waals surface area (Å²) in [5.41, 5.74) is 3.07. The van der Waals surface area contributed by atoms with Crippen molar-refractivity contribution in [3.63, 3.8) is 0 Å². The summed E-state index contributed by atoms with van der Waals surface area (Å²) in [5, 5.41) is 4.75. The van der Waals surface area contributed by atoms with Crippen molar-refractivity contribution in [2.45, 2.75) is 45.3 Å². The van der Waals surface area contributed by atoms with Crippen molar-refractivity contribution in [2.75, 3.05) is 0 Å². The van der Waals surface area contributed by atoms with Gasteiger partial charge in [-0.25, -0.2) is 4.79 Å². The van der Waals surface area contributed by atoms with Gasteiger partial charge < -0.3 is 10.1 Å². The van der Waals surface area contributed by atoms with Crippen molar-refractivity contribution in [1.82, 2.24) is 5.32 Å². The predicted octanol–water partition coefficient (Wildman–Crippen LogP) is 3.49. The fourth-order valence-corrected chi connectivity index (χ4v) is 3.52. The van der Waals surface area contributed by atoms with E-state index in [1.165, 1.54) is 17.5 Å². The third kappa shape index (κ3) is 4.03. The second-order valence-corrected chi connectivity index (χ2v) is 7.07. The minimum atomic E-state index is -0.812. The van der Waals surface area contributed by atoms with E-state index < -0.39 is 12.1 Å². The average Bonchev–Trinajstić information content (AvgIpc) is 3.12. The third-order valence-corrected chi connectivity index (χ3v) is 5.13. The van der Waals surface area contributed by atoms with Gasteiger partial charge in [0.25, 0.3) is 5.91 Å². The zero-order valence-corrected chi connectivity index (χ0v) is 14.5. The van der Waals surface area contributed by atoms with Crippen LogP contribution in [0.4, 0.5) is 0 Å². The second kappa shape index (κ2) is 7.62. The lowest BCUT2D eigenvalue weighted by atomic mass is 9.90. The second-order valence-electron chi connectivity index (χ2n) is 6.04. The fourth-order valence-electron chi connectivity index (χ4n) is 2.87. The molecule has 0 bridgehead atoms. The molecule has 24 heavy (non-hydrogen) atoms. The molecule has 1 amide bonds. The smallest absolute Gasteiger partial charge is 0.338 e. The summed E-state index contributed by atoms with van der Waals surface area (Å²) in [5.74, 6) is -0.725. The lowest BCUT2D eigenvalue weighted by molar-refractivity contribution is -0.129. The van der Waals surface area contributed by atoms with Crippen molar-refractivity contribution in [1.29, 1.82) is 0 Å².